The van der Waals surface area contributed by atoms with Gasteiger partial charge in [0.15, 0.2) is 0 Å². The maximum Gasteiger partial charge on any atom is 0.249 e. The molecular weight excluding hydrogens is 278 g/mol. The first-order valence-electron chi connectivity index (χ1n) is 8.02. The van der Waals surface area contributed by atoms with Gasteiger partial charge >= 0.3 is 0 Å². The van der Waals surface area contributed by atoms with Gasteiger partial charge in [0, 0.05) is 25.8 Å². The number of piperidine rings is 1. The maximum absolute atomic E-state index is 12.7. The summed E-state index contributed by atoms with van der Waals surface area (Å²) in [7, 11) is 1.77. The second-order valence-electron chi connectivity index (χ2n) is 6.12. The van der Waals surface area contributed by atoms with E-state index in [1.165, 1.54) is 0 Å². The summed E-state index contributed by atoms with van der Waals surface area (Å²) in [5, 5.41) is 3.26. The van der Waals surface area contributed by atoms with Gasteiger partial charge in [-0.15, -0.1) is 0 Å². The van der Waals surface area contributed by atoms with Crippen LogP contribution in [0, 0.1) is 5.92 Å². The van der Waals surface area contributed by atoms with Crippen molar-refractivity contribution >= 4 is 17.5 Å². The zero-order valence-electron chi connectivity index (χ0n) is 13.0. The van der Waals surface area contributed by atoms with Crippen molar-refractivity contribution in [2.45, 2.75) is 25.3 Å². The summed E-state index contributed by atoms with van der Waals surface area (Å²) in [6.07, 6.45) is 2.65. The van der Waals surface area contributed by atoms with Crippen molar-refractivity contribution in [1.82, 2.24) is 10.2 Å². The van der Waals surface area contributed by atoms with E-state index < -0.39 is 0 Å². The van der Waals surface area contributed by atoms with Gasteiger partial charge in [0.2, 0.25) is 11.8 Å². The van der Waals surface area contributed by atoms with Crippen LogP contribution in [0.4, 0.5) is 5.69 Å². The second kappa shape index (κ2) is 6.48. The molecule has 2 atom stereocenters. The van der Waals surface area contributed by atoms with Crippen LogP contribution in [0.15, 0.2) is 30.3 Å². The van der Waals surface area contributed by atoms with E-state index in [0.29, 0.717) is 13.0 Å². The molecule has 2 unspecified atom stereocenters. The minimum absolute atomic E-state index is 0.0114. The third-order valence-corrected chi connectivity index (χ3v) is 4.71. The lowest BCUT2D eigenvalue weighted by Gasteiger charge is -2.30. The van der Waals surface area contributed by atoms with Gasteiger partial charge in [-0.25, -0.2) is 0 Å². The number of carbonyl (C=O) groups is 2. The quantitative estimate of drug-likeness (QED) is 0.914. The van der Waals surface area contributed by atoms with Gasteiger partial charge in [0.05, 0.1) is 5.92 Å². The van der Waals surface area contributed by atoms with E-state index >= 15 is 0 Å². The Bertz CT molecular complexity index is 540. The number of hydrogen-bond acceptors (Lipinski definition) is 3. The molecule has 3 rings (SSSR count). The second-order valence-corrected chi connectivity index (χ2v) is 6.12. The lowest BCUT2D eigenvalue weighted by Crippen LogP contribution is -2.48. The van der Waals surface area contributed by atoms with Gasteiger partial charge in [-0.3, -0.25) is 9.59 Å². The summed E-state index contributed by atoms with van der Waals surface area (Å²) >= 11 is 0. The largest absolute Gasteiger partial charge is 0.333 e. The average Bonchev–Trinajstić information content (AvgIpc) is 2.96. The van der Waals surface area contributed by atoms with Crippen LogP contribution >= 0.6 is 0 Å². The van der Waals surface area contributed by atoms with Gasteiger partial charge in [0.1, 0.15) is 6.04 Å². The van der Waals surface area contributed by atoms with Crippen LogP contribution in [0.5, 0.6) is 0 Å². The van der Waals surface area contributed by atoms with E-state index in [2.05, 4.69) is 5.32 Å². The lowest BCUT2D eigenvalue weighted by atomic mass is 9.97. The first kappa shape index (κ1) is 15.0. The van der Waals surface area contributed by atoms with Crippen LogP contribution in [-0.2, 0) is 9.59 Å². The Morgan fingerprint density at radius 1 is 1.27 bits per heavy atom. The summed E-state index contributed by atoms with van der Waals surface area (Å²) in [4.78, 5) is 28.7. The summed E-state index contributed by atoms with van der Waals surface area (Å²) in [5.74, 6) is 0.142. The maximum atomic E-state index is 12.7. The van der Waals surface area contributed by atoms with E-state index in [4.69, 9.17) is 0 Å². The zero-order valence-corrected chi connectivity index (χ0v) is 13.0. The number of rotatable bonds is 3. The fourth-order valence-electron chi connectivity index (χ4n) is 3.39. The van der Waals surface area contributed by atoms with Crippen molar-refractivity contribution in [1.29, 1.82) is 0 Å². The summed E-state index contributed by atoms with van der Waals surface area (Å²) < 4.78 is 0. The Hall–Kier alpha value is -1.88. The normalized spacial score (nSPS) is 25.3. The number of benzene rings is 1. The molecular formula is C17H23N3O2. The van der Waals surface area contributed by atoms with Crippen molar-refractivity contribution in [3.05, 3.63) is 30.3 Å². The van der Waals surface area contributed by atoms with Gasteiger partial charge in [-0.2, -0.15) is 0 Å². The third-order valence-electron chi connectivity index (χ3n) is 4.71. The van der Waals surface area contributed by atoms with E-state index in [1.807, 2.05) is 30.3 Å². The van der Waals surface area contributed by atoms with E-state index in [-0.39, 0.29) is 23.8 Å². The standard InChI is InChI=1S/C17H23N3O2/c1-19(16(21)13-6-5-10-18-12-13)15-9-11-20(17(15)22)14-7-3-2-4-8-14/h2-4,7-8,13,15,18H,5-6,9-12H2,1H3. The number of amides is 2. The minimum Gasteiger partial charge on any atom is -0.333 e. The monoisotopic (exact) mass is 301 g/mol. The Kier molecular flexibility index (Phi) is 4.43. The molecule has 1 aromatic carbocycles. The molecule has 5 nitrogen and oxygen atoms in total. The van der Waals surface area contributed by atoms with Crippen LogP contribution in [0.25, 0.3) is 0 Å². The van der Waals surface area contributed by atoms with Crippen LogP contribution in [0.3, 0.4) is 0 Å². The Morgan fingerprint density at radius 3 is 2.73 bits per heavy atom. The molecule has 0 aromatic heterocycles. The molecule has 0 aliphatic carbocycles. The molecule has 0 radical (unpaired) electrons. The zero-order chi connectivity index (χ0) is 15.5. The van der Waals surface area contributed by atoms with E-state index in [1.54, 1.807) is 16.8 Å². The highest BCUT2D eigenvalue weighted by atomic mass is 16.2. The molecule has 2 saturated heterocycles. The highest BCUT2D eigenvalue weighted by Crippen LogP contribution is 2.25. The molecule has 5 heteroatoms. The molecule has 0 spiro atoms. The molecule has 2 aliphatic rings. The Morgan fingerprint density at radius 2 is 2.05 bits per heavy atom. The fraction of sp³-hybridized carbons (Fsp3) is 0.529. The number of nitrogens with one attached hydrogen (secondary N) is 1. The minimum atomic E-state index is -0.324. The number of nitrogens with zero attached hydrogens (tertiary/aromatic N) is 2. The van der Waals surface area contributed by atoms with Crippen molar-refractivity contribution < 1.29 is 9.59 Å². The molecule has 0 bridgehead atoms. The molecule has 118 valence electrons. The van der Waals surface area contributed by atoms with Crippen molar-refractivity contribution in [2.24, 2.45) is 5.92 Å². The lowest BCUT2D eigenvalue weighted by molar-refractivity contribution is -0.140. The average molecular weight is 301 g/mol. The van der Waals surface area contributed by atoms with Gasteiger partial charge in [-0.1, -0.05) is 18.2 Å². The number of para-hydroxylation sites is 1. The predicted octanol–water partition coefficient (Wildman–Crippen LogP) is 1.25. The molecule has 22 heavy (non-hydrogen) atoms. The molecule has 2 fully saturated rings. The van der Waals surface area contributed by atoms with Crippen LogP contribution in [0.1, 0.15) is 19.3 Å². The summed E-state index contributed by atoms with van der Waals surface area (Å²) in [5.41, 5.74) is 0.912. The van der Waals surface area contributed by atoms with Crippen molar-refractivity contribution in [3.63, 3.8) is 0 Å². The Balaban J connectivity index is 1.67. The molecule has 1 N–H and O–H groups in total. The Labute approximate surface area is 131 Å². The van der Waals surface area contributed by atoms with Crippen molar-refractivity contribution in [2.75, 3.05) is 31.6 Å². The summed E-state index contributed by atoms with van der Waals surface area (Å²) in [6.45, 7) is 2.39. The van der Waals surface area contributed by atoms with Crippen LogP contribution in [-0.4, -0.2) is 49.4 Å². The number of likely N-dealkylation sites (N-methyl/N-ethyl adjacent to an activating group) is 1. The van der Waals surface area contributed by atoms with Gasteiger partial charge in [-0.05, 0) is 37.9 Å². The number of anilines is 1. The predicted molar refractivity (Wildman–Crippen MR) is 85.6 cm³/mol. The molecule has 0 saturated carbocycles. The number of hydrogen-bond donors (Lipinski definition) is 1. The van der Waals surface area contributed by atoms with E-state index in [0.717, 1.165) is 31.6 Å². The first-order chi connectivity index (χ1) is 10.7. The van der Waals surface area contributed by atoms with Crippen molar-refractivity contribution in [3.8, 4) is 0 Å². The molecule has 2 aliphatic heterocycles. The number of carbonyl (C=O) groups excluding carboxylic acids is 2. The van der Waals surface area contributed by atoms with E-state index in [9.17, 15) is 9.59 Å². The third kappa shape index (κ3) is 2.86. The summed E-state index contributed by atoms with van der Waals surface area (Å²) in [6, 6.07) is 9.35. The van der Waals surface area contributed by atoms with Gasteiger partial charge in [0.25, 0.3) is 0 Å². The van der Waals surface area contributed by atoms with Gasteiger partial charge < -0.3 is 15.1 Å². The smallest absolute Gasteiger partial charge is 0.249 e. The fourth-order valence-corrected chi connectivity index (χ4v) is 3.39. The highest BCUT2D eigenvalue weighted by Gasteiger charge is 2.38. The first-order valence-corrected chi connectivity index (χ1v) is 8.02. The molecule has 2 heterocycles. The van der Waals surface area contributed by atoms with Crippen LogP contribution < -0.4 is 10.2 Å². The topological polar surface area (TPSA) is 52.7 Å². The molecule has 1 aromatic rings. The van der Waals surface area contributed by atoms with Crippen LogP contribution in [0.2, 0.25) is 0 Å². The SMILES string of the molecule is CN(C(=O)C1CCCNC1)C1CCN(c2ccccc2)C1=O. The highest BCUT2D eigenvalue weighted by molar-refractivity contribution is 6.01. The molecule has 2 amide bonds.